The molecule has 2 saturated heterocycles. The Morgan fingerprint density at radius 3 is 1.30 bits per heavy atom. The molecule has 0 bridgehead atoms. The molecular weight excluding hydrogens is 458 g/mol. The standard InChI is InChI=1S/C25H34O6P2/c1-23(2,21-11-7-5-8-12-21)15-26-32-28-17-25(18-29-32)19-30-33(31-20-25)27-16-24(3,4)22-13-9-6-10-14-22/h5-14H,15-20H2,1-4H3. The van der Waals surface area contributed by atoms with Crippen molar-refractivity contribution in [2.24, 2.45) is 5.41 Å². The van der Waals surface area contributed by atoms with E-state index in [0.717, 1.165) is 0 Å². The molecule has 0 atom stereocenters. The van der Waals surface area contributed by atoms with E-state index >= 15 is 0 Å². The van der Waals surface area contributed by atoms with Crippen molar-refractivity contribution < 1.29 is 27.1 Å². The molecule has 2 aliphatic rings. The van der Waals surface area contributed by atoms with Crippen molar-refractivity contribution in [1.82, 2.24) is 0 Å². The fraction of sp³-hybridized carbons (Fsp3) is 0.520. The first kappa shape index (κ1) is 25.2. The van der Waals surface area contributed by atoms with E-state index in [9.17, 15) is 0 Å². The number of benzene rings is 2. The molecule has 0 unspecified atom stereocenters. The van der Waals surface area contributed by atoms with E-state index < -0.39 is 17.2 Å². The Bertz CT molecular complexity index is 784. The van der Waals surface area contributed by atoms with Crippen molar-refractivity contribution in [2.45, 2.75) is 38.5 Å². The van der Waals surface area contributed by atoms with Gasteiger partial charge in [0.2, 0.25) is 0 Å². The molecule has 6 nitrogen and oxygen atoms in total. The molecule has 2 fully saturated rings. The Morgan fingerprint density at radius 2 is 0.970 bits per heavy atom. The molecule has 0 aromatic heterocycles. The average Bonchev–Trinajstić information content (AvgIpc) is 2.85. The summed E-state index contributed by atoms with van der Waals surface area (Å²) in [6.07, 6.45) is 0. The van der Waals surface area contributed by atoms with Crippen molar-refractivity contribution in [3.63, 3.8) is 0 Å². The lowest BCUT2D eigenvalue weighted by atomic mass is 9.86. The molecule has 0 aliphatic carbocycles. The first-order valence-corrected chi connectivity index (χ1v) is 13.5. The summed E-state index contributed by atoms with van der Waals surface area (Å²) < 4.78 is 35.7. The maximum atomic E-state index is 5.99. The van der Waals surface area contributed by atoms with E-state index in [4.69, 9.17) is 27.1 Å². The van der Waals surface area contributed by atoms with Crippen LogP contribution in [0, 0.1) is 5.41 Å². The summed E-state index contributed by atoms with van der Waals surface area (Å²) in [7, 11) is -2.75. The maximum Gasteiger partial charge on any atom is 0.332 e. The fourth-order valence-electron chi connectivity index (χ4n) is 3.61. The quantitative estimate of drug-likeness (QED) is 0.392. The first-order valence-electron chi connectivity index (χ1n) is 11.3. The predicted molar refractivity (Wildman–Crippen MR) is 131 cm³/mol. The molecule has 180 valence electrons. The molecule has 4 rings (SSSR count). The Kier molecular flexibility index (Phi) is 8.21. The normalized spacial score (nSPS) is 26.4. The summed E-state index contributed by atoms with van der Waals surface area (Å²) >= 11 is 0. The topological polar surface area (TPSA) is 55.4 Å². The Morgan fingerprint density at radius 1 is 0.636 bits per heavy atom. The number of rotatable bonds is 8. The van der Waals surface area contributed by atoms with Gasteiger partial charge in [0.25, 0.3) is 0 Å². The van der Waals surface area contributed by atoms with E-state index in [-0.39, 0.29) is 16.2 Å². The van der Waals surface area contributed by atoms with Gasteiger partial charge in [0.05, 0.1) is 45.1 Å². The molecule has 2 aromatic rings. The van der Waals surface area contributed by atoms with E-state index in [1.165, 1.54) is 11.1 Å². The molecule has 8 heteroatoms. The lowest BCUT2D eigenvalue weighted by Crippen LogP contribution is -2.45. The first-order chi connectivity index (χ1) is 15.8. The van der Waals surface area contributed by atoms with Crippen molar-refractivity contribution >= 4 is 17.2 Å². The van der Waals surface area contributed by atoms with Gasteiger partial charge in [-0.2, -0.15) is 0 Å². The molecule has 0 N–H and O–H groups in total. The van der Waals surface area contributed by atoms with Gasteiger partial charge >= 0.3 is 17.2 Å². The van der Waals surface area contributed by atoms with Crippen LogP contribution in [0.4, 0.5) is 0 Å². The van der Waals surface area contributed by atoms with Crippen LogP contribution < -0.4 is 0 Å². The third-order valence-electron chi connectivity index (χ3n) is 6.08. The SMILES string of the molecule is CC(C)(COP1OCC2(CO1)COP(OCC(C)(C)c1ccccc1)OC2)c1ccccc1. The molecule has 2 heterocycles. The molecule has 1 spiro atoms. The van der Waals surface area contributed by atoms with Crippen molar-refractivity contribution in [2.75, 3.05) is 39.6 Å². The Balaban J connectivity index is 1.19. The van der Waals surface area contributed by atoms with Crippen LogP contribution in [0.15, 0.2) is 60.7 Å². The van der Waals surface area contributed by atoms with Gasteiger partial charge in [0, 0.05) is 10.8 Å². The highest BCUT2D eigenvalue weighted by molar-refractivity contribution is 7.42. The van der Waals surface area contributed by atoms with Gasteiger partial charge in [-0.15, -0.1) is 0 Å². The van der Waals surface area contributed by atoms with E-state index in [2.05, 4.69) is 52.0 Å². The molecule has 0 saturated carbocycles. The summed E-state index contributed by atoms with van der Waals surface area (Å²) in [6.45, 7) is 11.7. The highest BCUT2D eigenvalue weighted by Crippen LogP contribution is 2.53. The minimum absolute atomic E-state index is 0.122. The van der Waals surface area contributed by atoms with Crippen LogP contribution in [0.3, 0.4) is 0 Å². The average molecular weight is 492 g/mol. The second-order valence-electron chi connectivity index (χ2n) is 10.1. The summed E-state index contributed by atoms with van der Waals surface area (Å²) in [5.41, 5.74) is 1.90. The van der Waals surface area contributed by atoms with Gasteiger partial charge in [0.1, 0.15) is 0 Å². The van der Waals surface area contributed by atoms with Gasteiger partial charge < -0.3 is 27.1 Å². The lowest BCUT2D eigenvalue weighted by molar-refractivity contribution is -0.0778. The highest BCUT2D eigenvalue weighted by Gasteiger charge is 2.44. The Labute approximate surface area is 199 Å². The van der Waals surface area contributed by atoms with Crippen molar-refractivity contribution in [1.29, 1.82) is 0 Å². The van der Waals surface area contributed by atoms with E-state index in [1.807, 2.05) is 36.4 Å². The summed E-state index contributed by atoms with van der Waals surface area (Å²) in [4.78, 5) is 0. The maximum absolute atomic E-state index is 5.99. The summed E-state index contributed by atoms with van der Waals surface area (Å²) in [6, 6.07) is 20.7. The minimum atomic E-state index is -1.37. The molecule has 0 radical (unpaired) electrons. The molecule has 2 aromatic carbocycles. The second-order valence-corrected chi connectivity index (χ2v) is 12.5. The third-order valence-corrected chi connectivity index (χ3v) is 8.12. The van der Waals surface area contributed by atoms with Crippen LogP contribution in [-0.4, -0.2) is 39.6 Å². The summed E-state index contributed by atoms with van der Waals surface area (Å²) in [5, 5.41) is 0. The molecule has 0 amide bonds. The van der Waals surface area contributed by atoms with Crippen LogP contribution in [0.1, 0.15) is 38.8 Å². The zero-order valence-corrected chi connectivity index (χ0v) is 21.6. The van der Waals surface area contributed by atoms with E-state index in [1.54, 1.807) is 0 Å². The molecular formula is C25H34O6P2. The monoisotopic (exact) mass is 492 g/mol. The van der Waals surface area contributed by atoms with E-state index in [0.29, 0.717) is 39.6 Å². The van der Waals surface area contributed by atoms with Gasteiger partial charge in [-0.3, -0.25) is 0 Å². The number of hydrogen-bond acceptors (Lipinski definition) is 6. The minimum Gasteiger partial charge on any atom is -0.311 e. The van der Waals surface area contributed by atoms with Crippen LogP contribution in [0.5, 0.6) is 0 Å². The van der Waals surface area contributed by atoms with Gasteiger partial charge in [0.15, 0.2) is 0 Å². The van der Waals surface area contributed by atoms with Crippen molar-refractivity contribution in [3.8, 4) is 0 Å². The third kappa shape index (κ3) is 6.60. The summed E-state index contributed by atoms with van der Waals surface area (Å²) in [5.74, 6) is 0. The Hall–Kier alpha value is -0.940. The predicted octanol–water partition coefficient (Wildman–Crippen LogP) is 6.51. The van der Waals surface area contributed by atoms with Gasteiger partial charge in [-0.25, -0.2) is 0 Å². The van der Waals surface area contributed by atoms with Crippen LogP contribution >= 0.6 is 17.2 Å². The smallest absolute Gasteiger partial charge is 0.311 e. The van der Waals surface area contributed by atoms with Gasteiger partial charge in [-0.05, 0) is 11.1 Å². The van der Waals surface area contributed by atoms with Crippen molar-refractivity contribution in [3.05, 3.63) is 71.8 Å². The zero-order valence-electron chi connectivity index (χ0n) is 19.9. The van der Waals surface area contributed by atoms with Crippen LogP contribution in [0.25, 0.3) is 0 Å². The molecule has 33 heavy (non-hydrogen) atoms. The van der Waals surface area contributed by atoms with Gasteiger partial charge in [-0.1, -0.05) is 88.4 Å². The zero-order chi connectivity index (χ0) is 23.4. The van der Waals surface area contributed by atoms with Crippen LogP contribution in [0.2, 0.25) is 0 Å². The number of hydrogen-bond donors (Lipinski definition) is 0. The van der Waals surface area contributed by atoms with Crippen LogP contribution in [-0.2, 0) is 38.0 Å². The molecule has 2 aliphatic heterocycles. The fourth-order valence-corrected chi connectivity index (χ4v) is 6.43. The highest BCUT2D eigenvalue weighted by atomic mass is 31.2. The lowest BCUT2D eigenvalue weighted by Gasteiger charge is -2.42. The largest absolute Gasteiger partial charge is 0.332 e. The second kappa shape index (κ2) is 10.8.